The summed E-state index contributed by atoms with van der Waals surface area (Å²) < 4.78 is 6.02. The van der Waals surface area contributed by atoms with Crippen molar-refractivity contribution >= 4 is 17.6 Å². The Morgan fingerprint density at radius 2 is 1.95 bits per heavy atom. The number of pyridine rings is 1. The third kappa shape index (κ3) is 3.03. The fourth-order valence-electron chi connectivity index (χ4n) is 1.71. The van der Waals surface area contributed by atoms with Gasteiger partial charge in [-0.2, -0.15) is 0 Å². The predicted octanol–water partition coefficient (Wildman–Crippen LogP) is 2.34. The highest BCUT2D eigenvalue weighted by molar-refractivity contribution is 6.30. The number of halogens is 1. The fraction of sp³-hybridized carbons (Fsp3) is 0.143. The average Bonchev–Trinajstić information content (AvgIpc) is 2.43. The van der Waals surface area contributed by atoms with Crippen LogP contribution in [0.2, 0.25) is 5.02 Å². The molecule has 0 saturated heterocycles. The van der Waals surface area contributed by atoms with Crippen LogP contribution in [0, 0.1) is 0 Å². The minimum absolute atomic E-state index is 0.0268. The van der Waals surface area contributed by atoms with Gasteiger partial charge in [-0.3, -0.25) is 4.79 Å². The van der Waals surface area contributed by atoms with Crippen molar-refractivity contribution in [1.82, 2.24) is 4.57 Å². The van der Waals surface area contributed by atoms with E-state index in [0.717, 1.165) is 5.56 Å². The number of methoxy groups -OCH3 is 1. The van der Waals surface area contributed by atoms with Crippen LogP contribution in [-0.4, -0.2) is 17.6 Å². The first kappa shape index (κ1) is 13.4. The molecule has 0 bridgehead atoms. The van der Waals surface area contributed by atoms with Crippen LogP contribution in [0.4, 0.5) is 0 Å². The van der Waals surface area contributed by atoms with E-state index in [-0.39, 0.29) is 11.1 Å². The molecule has 0 unspecified atom stereocenters. The Balaban J connectivity index is 2.33. The van der Waals surface area contributed by atoms with Gasteiger partial charge < -0.3 is 9.30 Å². The monoisotopic (exact) mass is 277 g/mol. The van der Waals surface area contributed by atoms with Crippen molar-refractivity contribution in [2.24, 2.45) is 0 Å². The van der Waals surface area contributed by atoms with Crippen molar-refractivity contribution < 1.29 is 9.53 Å². The van der Waals surface area contributed by atoms with Crippen LogP contribution in [-0.2, 0) is 11.3 Å². The number of hydrogen-bond acceptors (Lipinski definition) is 3. The zero-order chi connectivity index (χ0) is 13.8. The summed E-state index contributed by atoms with van der Waals surface area (Å²) in [6, 6.07) is 10.3. The smallest absolute Gasteiger partial charge is 0.343 e. The minimum Gasteiger partial charge on any atom is -0.465 e. The topological polar surface area (TPSA) is 48.3 Å². The maximum Gasteiger partial charge on any atom is 0.343 e. The van der Waals surface area contributed by atoms with Crippen molar-refractivity contribution in [2.75, 3.05) is 7.11 Å². The molecule has 1 aromatic carbocycles. The summed E-state index contributed by atoms with van der Waals surface area (Å²) in [6.45, 7) is 0.376. The lowest BCUT2D eigenvalue weighted by Gasteiger charge is -2.07. The molecule has 0 amide bonds. The van der Waals surface area contributed by atoms with Crippen molar-refractivity contribution in [3.05, 3.63) is 69.1 Å². The van der Waals surface area contributed by atoms with Gasteiger partial charge >= 0.3 is 5.97 Å². The first-order valence-electron chi connectivity index (χ1n) is 5.64. The predicted molar refractivity (Wildman–Crippen MR) is 72.6 cm³/mol. The molecule has 4 nitrogen and oxygen atoms in total. The van der Waals surface area contributed by atoms with Gasteiger partial charge in [0.05, 0.1) is 13.7 Å². The van der Waals surface area contributed by atoms with Crippen LogP contribution in [0.1, 0.15) is 15.9 Å². The summed E-state index contributed by atoms with van der Waals surface area (Å²) in [5.41, 5.74) is 0.580. The largest absolute Gasteiger partial charge is 0.465 e. The lowest BCUT2D eigenvalue weighted by Crippen LogP contribution is -2.26. The van der Waals surface area contributed by atoms with Crippen molar-refractivity contribution in [3.63, 3.8) is 0 Å². The highest BCUT2D eigenvalue weighted by atomic mass is 35.5. The van der Waals surface area contributed by atoms with Crippen LogP contribution in [0.5, 0.6) is 0 Å². The number of hydrogen-bond donors (Lipinski definition) is 0. The van der Waals surface area contributed by atoms with E-state index in [1.165, 1.54) is 17.7 Å². The molecule has 0 fully saturated rings. The van der Waals surface area contributed by atoms with Gasteiger partial charge in [0.2, 0.25) is 0 Å². The molecule has 98 valence electrons. The van der Waals surface area contributed by atoms with E-state index in [9.17, 15) is 9.59 Å². The molecule has 5 heteroatoms. The maximum absolute atomic E-state index is 12.1. The number of esters is 1. The van der Waals surface area contributed by atoms with Gasteiger partial charge in [-0.05, 0) is 29.8 Å². The normalized spacial score (nSPS) is 10.2. The Kier molecular flexibility index (Phi) is 4.02. The summed E-state index contributed by atoms with van der Waals surface area (Å²) in [5, 5.41) is 0.638. The third-order valence-electron chi connectivity index (χ3n) is 2.69. The number of nitrogens with zero attached hydrogens (tertiary/aromatic N) is 1. The second-order valence-electron chi connectivity index (χ2n) is 3.97. The highest BCUT2D eigenvalue weighted by Crippen LogP contribution is 2.10. The zero-order valence-corrected chi connectivity index (χ0v) is 11.1. The van der Waals surface area contributed by atoms with Crippen LogP contribution >= 0.6 is 11.6 Å². The van der Waals surface area contributed by atoms with Gasteiger partial charge in [0, 0.05) is 11.2 Å². The molecule has 1 aromatic heterocycles. The van der Waals surface area contributed by atoms with E-state index in [0.29, 0.717) is 11.6 Å². The SMILES string of the molecule is COC(=O)c1cccn(Cc2ccc(Cl)cc2)c1=O. The lowest BCUT2D eigenvalue weighted by atomic mass is 10.2. The molecule has 2 aromatic rings. The molecule has 0 aliphatic rings. The lowest BCUT2D eigenvalue weighted by molar-refractivity contribution is 0.0598. The summed E-state index contributed by atoms with van der Waals surface area (Å²) in [4.78, 5) is 23.5. The van der Waals surface area contributed by atoms with E-state index in [2.05, 4.69) is 4.74 Å². The Hall–Kier alpha value is -2.07. The fourth-order valence-corrected chi connectivity index (χ4v) is 1.84. The van der Waals surface area contributed by atoms with Crippen molar-refractivity contribution in [2.45, 2.75) is 6.54 Å². The summed E-state index contributed by atoms with van der Waals surface area (Å²) in [5.74, 6) is -0.629. The number of aromatic nitrogens is 1. The molecule has 2 rings (SSSR count). The van der Waals surface area contributed by atoms with Crippen LogP contribution in [0.3, 0.4) is 0 Å². The standard InChI is InChI=1S/C14H12ClNO3/c1-19-14(18)12-3-2-8-16(13(12)17)9-10-4-6-11(15)7-5-10/h2-8H,9H2,1H3. The molecular formula is C14H12ClNO3. The molecule has 19 heavy (non-hydrogen) atoms. The van der Waals surface area contributed by atoms with Gasteiger partial charge in [0.1, 0.15) is 5.56 Å². The molecule has 0 radical (unpaired) electrons. The summed E-state index contributed by atoms with van der Waals surface area (Å²) in [7, 11) is 1.25. The zero-order valence-electron chi connectivity index (χ0n) is 10.3. The van der Waals surface area contributed by atoms with E-state index < -0.39 is 5.97 Å². The molecule has 1 heterocycles. The van der Waals surface area contributed by atoms with Crippen molar-refractivity contribution in [3.8, 4) is 0 Å². The van der Waals surface area contributed by atoms with E-state index in [1.807, 2.05) is 12.1 Å². The van der Waals surface area contributed by atoms with E-state index in [1.54, 1.807) is 24.4 Å². The number of ether oxygens (including phenoxy) is 1. The van der Waals surface area contributed by atoms with Gasteiger partial charge in [-0.25, -0.2) is 4.79 Å². The Morgan fingerprint density at radius 1 is 1.26 bits per heavy atom. The maximum atomic E-state index is 12.1. The number of rotatable bonds is 3. The first-order valence-corrected chi connectivity index (χ1v) is 6.02. The molecule has 0 atom stereocenters. The third-order valence-corrected chi connectivity index (χ3v) is 2.94. The minimum atomic E-state index is -0.629. The first-order chi connectivity index (χ1) is 9.11. The van der Waals surface area contributed by atoms with Gasteiger partial charge in [0.25, 0.3) is 5.56 Å². The summed E-state index contributed by atoms with van der Waals surface area (Å²) >= 11 is 5.80. The second kappa shape index (κ2) is 5.71. The molecule has 0 aliphatic carbocycles. The Morgan fingerprint density at radius 3 is 2.58 bits per heavy atom. The quantitative estimate of drug-likeness (QED) is 0.809. The molecular weight excluding hydrogens is 266 g/mol. The number of carbonyl (C=O) groups excluding carboxylic acids is 1. The van der Waals surface area contributed by atoms with Crippen molar-refractivity contribution in [1.29, 1.82) is 0 Å². The van der Waals surface area contributed by atoms with Crippen LogP contribution < -0.4 is 5.56 Å². The molecule has 0 N–H and O–H groups in total. The molecule has 0 saturated carbocycles. The van der Waals surface area contributed by atoms with Gasteiger partial charge in [-0.15, -0.1) is 0 Å². The van der Waals surface area contributed by atoms with Gasteiger partial charge in [-0.1, -0.05) is 23.7 Å². The Bertz CT molecular complexity index is 646. The van der Waals surface area contributed by atoms with Crippen LogP contribution in [0.25, 0.3) is 0 Å². The Labute approximate surface area is 115 Å². The average molecular weight is 278 g/mol. The number of carbonyl (C=O) groups is 1. The molecule has 0 spiro atoms. The van der Waals surface area contributed by atoms with Gasteiger partial charge in [0.15, 0.2) is 0 Å². The second-order valence-corrected chi connectivity index (χ2v) is 4.41. The highest BCUT2D eigenvalue weighted by Gasteiger charge is 2.11. The molecule has 0 aliphatic heterocycles. The number of benzene rings is 1. The van der Waals surface area contributed by atoms with E-state index in [4.69, 9.17) is 11.6 Å². The van der Waals surface area contributed by atoms with Crippen LogP contribution in [0.15, 0.2) is 47.4 Å². The summed E-state index contributed by atoms with van der Waals surface area (Å²) in [6.07, 6.45) is 1.63. The van der Waals surface area contributed by atoms with E-state index >= 15 is 0 Å².